The Hall–Kier alpha value is -2.29. The van der Waals surface area contributed by atoms with Gasteiger partial charge in [0.1, 0.15) is 5.58 Å². The standard InChI is InChI=1S/C14H12O3/c1-10(5-4-8-14(15)16)12-9-17-13-7-3-2-6-11(12)13/h2-9H,1H3,(H,15,16)/b8-4+,10-5+. The molecule has 0 aliphatic heterocycles. The first-order valence-electron chi connectivity index (χ1n) is 5.23. The van der Waals surface area contributed by atoms with Crippen LogP contribution in [0, 0.1) is 0 Å². The lowest BCUT2D eigenvalue weighted by Crippen LogP contribution is -1.84. The van der Waals surface area contributed by atoms with Gasteiger partial charge in [-0.05, 0) is 18.6 Å². The molecule has 0 fully saturated rings. The first-order chi connectivity index (χ1) is 8.18. The van der Waals surface area contributed by atoms with E-state index in [0.29, 0.717) is 0 Å². The number of carbonyl (C=O) groups is 1. The van der Waals surface area contributed by atoms with Crippen molar-refractivity contribution in [2.75, 3.05) is 0 Å². The molecule has 0 radical (unpaired) electrons. The van der Waals surface area contributed by atoms with E-state index in [2.05, 4.69) is 0 Å². The van der Waals surface area contributed by atoms with E-state index < -0.39 is 5.97 Å². The maximum Gasteiger partial charge on any atom is 0.328 e. The third kappa shape index (κ3) is 2.45. The molecule has 0 bridgehead atoms. The number of fused-ring (bicyclic) bond motifs is 1. The number of hydrogen-bond donors (Lipinski definition) is 1. The van der Waals surface area contributed by atoms with Gasteiger partial charge < -0.3 is 9.52 Å². The van der Waals surface area contributed by atoms with Gasteiger partial charge in [0.25, 0.3) is 0 Å². The smallest absolute Gasteiger partial charge is 0.328 e. The molecule has 1 aromatic heterocycles. The fourth-order valence-electron chi connectivity index (χ4n) is 1.65. The van der Waals surface area contributed by atoms with Crippen LogP contribution >= 0.6 is 0 Å². The Morgan fingerprint density at radius 1 is 1.35 bits per heavy atom. The maximum absolute atomic E-state index is 10.3. The summed E-state index contributed by atoms with van der Waals surface area (Å²) in [5.41, 5.74) is 2.78. The van der Waals surface area contributed by atoms with Gasteiger partial charge in [0.15, 0.2) is 0 Å². The summed E-state index contributed by atoms with van der Waals surface area (Å²) in [5, 5.41) is 9.53. The molecule has 0 amide bonds. The van der Waals surface area contributed by atoms with Gasteiger partial charge in [0, 0.05) is 17.0 Å². The van der Waals surface area contributed by atoms with E-state index in [-0.39, 0.29) is 0 Å². The van der Waals surface area contributed by atoms with Crippen LogP contribution in [0.4, 0.5) is 0 Å². The number of aliphatic carboxylic acids is 1. The number of rotatable bonds is 3. The molecule has 0 saturated carbocycles. The second-order valence-corrected chi connectivity index (χ2v) is 3.69. The van der Waals surface area contributed by atoms with Crippen LogP contribution < -0.4 is 0 Å². The van der Waals surface area contributed by atoms with E-state index in [1.165, 1.54) is 6.08 Å². The molecule has 0 aliphatic carbocycles. The first-order valence-corrected chi connectivity index (χ1v) is 5.23. The second-order valence-electron chi connectivity index (χ2n) is 3.69. The Morgan fingerprint density at radius 3 is 2.88 bits per heavy atom. The molecule has 3 nitrogen and oxygen atoms in total. The van der Waals surface area contributed by atoms with Crippen molar-refractivity contribution < 1.29 is 14.3 Å². The van der Waals surface area contributed by atoms with Crippen LogP contribution in [0.2, 0.25) is 0 Å². The maximum atomic E-state index is 10.3. The summed E-state index contributed by atoms with van der Waals surface area (Å²) in [5.74, 6) is -0.953. The van der Waals surface area contributed by atoms with E-state index in [0.717, 1.165) is 28.2 Å². The van der Waals surface area contributed by atoms with Crippen molar-refractivity contribution >= 4 is 22.5 Å². The summed E-state index contributed by atoms with van der Waals surface area (Å²) in [7, 11) is 0. The van der Waals surface area contributed by atoms with E-state index in [1.807, 2.05) is 31.2 Å². The number of carboxylic acids is 1. The van der Waals surface area contributed by atoms with Crippen LogP contribution in [0.5, 0.6) is 0 Å². The topological polar surface area (TPSA) is 50.4 Å². The van der Waals surface area contributed by atoms with Gasteiger partial charge in [-0.25, -0.2) is 4.79 Å². The highest BCUT2D eigenvalue weighted by atomic mass is 16.4. The minimum Gasteiger partial charge on any atom is -0.478 e. The zero-order chi connectivity index (χ0) is 12.3. The fourth-order valence-corrected chi connectivity index (χ4v) is 1.65. The molecular formula is C14H12O3. The lowest BCUT2D eigenvalue weighted by Gasteiger charge is -1.95. The minimum absolute atomic E-state index is 0.831. The van der Waals surface area contributed by atoms with E-state index in [9.17, 15) is 4.79 Å². The van der Waals surface area contributed by atoms with Gasteiger partial charge in [0.2, 0.25) is 0 Å². The Labute approximate surface area is 98.7 Å². The molecule has 0 saturated heterocycles. The summed E-state index contributed by atoms with van der Waals surface area (Å²) in [6.45, 7) is 1.92. The minimum atomic E-state index is -0.953. The predicted octanol–water partition coefficient (Wildman–Crippen LogP) is 3.48. The summed E-state index contributed by atoms with van der Waals surface area (Å²) < 4.78 is 5.42. The average molecular weight is 228 g/mol. The summed E-state index contributed by atoms with van der Waals surface area (Å²) in [6.07, 6.45) is 6.06. The van der Waals surface area contributed by atoms with Gasteiger partial charge in [-0.15, -0.1) is 0 Å². The van der Waals surface area contributed by atoms with Crippen LogP contribution in [0.25, 0.3) is 16.5 Å². The third-order valence-corrected chi connectivity index (χ3v) is 2.49. The zero-order valence-electron chi connectivity index (χ0n) is 9.38. The van der Waals surface area contributed by atoms with Crippen LogP contribution in [0.3, 0.4) is 0 Å². The molecule has 2 aromatic rings. The predicted molar refractivity (Wildman–Crippen MR) is 66.6 cm³/mol. The lowest BCUT2D eigenvalue weighted by atomic mass is 10.1. The molecule has 0 spiro atoms. The normalized spacial score (nSPS) is 12.4. The number of benzene rings is 1. The highest BCUT2D eigenvalue weighted by Gasteiger charge is 2.05. The van der Waals surface area contributed by atoms with Crippen molar-refractivity contribution in [2.45, 2.75) is 6.92 Å². The number of carboxylic acid groups (broad SMARTS) is 1. The molecule has 2 rings (SSSR count). The first kappa shape index (κ1) is 11.2. The Kier molecular flexibility index (Phi) is 3.10. The van der Waals surface area contributed by atoms with E-state index in [4.69, 9.17) is 9.52 Å². The molecule has 86 valence electrons. The summed E-state index contributed by atoms with van der Waals surface area (Å²) >= 11 is 0. The molecule has 1 N–H and O–H groups in total. The second kappa shape index (κ2) is 4.70. The fraction of sp³-hybridized carbons (Fsp3) is 0.0714. The van der Waals surface area contributed by atoms with Crippen LogP contribution in [-0.4, -0.2) is 11.1 Å². The molecular weight excluding hydrogens is 216 g/mol. The monoisotopic (exact) mass is 228 g/mol. The number of furan rings is 1. The highest BCUT2D eigenvalue weighted by Crippen LogP contribution is 2.26. The van der Waals surface area contributed by atoms with Gasteiger partial charge in [-0.1, -0.05) is 30.4 Å². The number of allylic oxidation sites excluding steroid dienone is 3. The van der Waals surface area contributed by atoms with Crippen molar-refractivity contribution in [3.8, 4) is 0 Å². The largest absolute Gasteiger partial charge is 0.478 e. The highest BCUT2D eigenvalue weighted by molar-refractivity contribution is 5.91. The summed E-state index contributed by atoms with van der Waals surface area (Å²) in [6, 6.07) is 7.74. The van der Waals surface area contributed by atoms with Crippen molar-refractivity contribution in [3.05, 3.63) is 54.3 Å². The Balaban J connectivity index is 2.37. The Morgan fingerprint density at radius 2 is 2.12 bits per heavy atom. The average Bonchev–Trinajstić information content (AvgIpc) is 2.72. The molecule has 3 heteroatoms. The van der Waals surface area contributed by atoms with Gasteiger partial charge in [-0.3, -0.25) is 0 Å². The van der Waals surface area contributed by atoms with Crippen molar-refractivity contribution in [2.24, 2.45) is 0 Å². The molecule has 0 atom stereocenters. The Bertz CT molecular complexity index is 603. The van der Waals surface area contributed by atoms with Crippen molar-refractivity contribution in [1.82, 2.24) is 0 Å². The quantitative estimate of drug-likeness (QED) is 0.646. The molecule has 1 aromatic carbocycles. The van der Waals surface area contributed by atoms with Crippen molar-refractivity contribution in [1.29, 1.82) is 0 Å². The van der Waals surface area contributed by atoms with Crippen LogP contribution in [0.1, 0.15) is 12.5 Å². The molecule has 0 aliphatic rings. The van der Waals surface area contributed by atoms with Crippen LogP contribution in [0.15, 0.2) is 53.2 Å². The lowest BCUT2D eigenvalue weighted by molar-refractivity contribution is -0.131. The summed E-state index contributed by atoms with van der Waals surface area (Å²) in [4.78, 5) is 10.3. The van der Waals surface area contributed by atoms with E-state index >= 15 is 0 Å². The molecule has 1 heterocycles. The zero-order valence-corrected chi connectivity index (χ0v) is 9.38. The van der Waals surface area contributed by atoms with Crippen molar-refractivity contribution in [3.63, 3.8) is 0 Å². The van der Waals surface area contributed by atoms with Gasteiger partial charge in [0.05, 0.1) is 6.26 Å². The number of para-hydroxylation sites is 1. The van der Waals surface area contributed by atoms with Gasteiger partial charge in [-0.2, -0.15) is 0 Å². The third-order valence-electron chi connectivity index (χ3n) is 2.49. The molecule has 0 unspecified atom stereocenters. The van der Waals surface area contributed by atoms with Crippen LogP contribution in [-0.2, 0) is 4.79 Å². The number of hydrogen-bond acceptors (Lipinski definition) is 2. The molecule has 17 heavy (non-hydrogen) atoms. The van der Waals surface area contributed by atoms with Gasteiger partial charge >= 0.3 is 5.97 Å². The SMILES string of the molecule is C/C(=C\C=C\C(=O)O)c1coc2ccccc12. The van der Waals surface area contributed by atoms with E-state index in [1.54, 1.807) is 12.3 Å².